The summed E-state index contributed by atoms with van der Waals surface area (Å²) in [7, 11) is -3.36. The number of ketones is 1. The fraction of sp³-hybridized carbons (Fsp3) is 0.562. The number of carbonyl (C=O) groups is 1. The fourth-order valence-electron chi connectivity index (χ4n) is 2.82. The standard InChI is InChI=1S/C16H22O3S/c1-13-7-5-6-10-15(13)11-20(18,19)12-16(17)14-8-3-2-4-9-14/h5-7,10,14H,2-4,8-9,11-12H2,1H3. The van der Waals surface area contributed by atoms with Crippen LogP contribution < -0.4 is 0 Å². The van der Waals surface area contributed by atoms with E-state index in [-0.39, 0.29) is 23.2 Å². The third-order valence-electron chi connectivity index (χ3n) is 4.06. The Morgan fingerprint density at radius 3 is 2.45 bits per heavy atom. The predicted molar refractivity (Wildman–Crippen MR) is 80.3 cm³/mol. The minimum atomic E-state index is -3.36. The molecule has 1 aliphatic rings. The highest BCUT2D eigenvalue weighted by Crippen LogP contribution is 2.25. The molecular weight excluding hydrogens is 272 g/mol. The van der Waals surface area contributed by atoms with Gasteiger partial charge >= 0.3 is 0 Å². The molecule has 0 radical (unpaired) electrons. The molecule has 4 heteroatoms. The van der Waals surface area contributed by atoms with E-state index in [2.05, 4.69) is 0 Å². The van der Waals surface area contributed by atoms with Crippen molar-refractivity contribution in [3.63, 3.8) is 0 Å². The largest absolute Gasteiger partial charge is 0.298 e. The molecule has 0 heterocycles. The second kappa shape index (κ2) is 6.53. The average molecular weight is 294 g/mol. The van der Waals surface area contributed by atoms with Gasteiger partial charge in [0.1, 0.15) is 5.75 Å². The molecule has 1 aliphatic carbocycles. The fourth-order valence-corrected chi connectivity index (χ4v) is 4.39. The normalized spacial score (nSPS) is 17.1. The zero-order chi connectivity index (χ0) is 14.6. The summed E-state index contributed by atoms with van der Waals surface area (Å²) < 4.78 is 24.4. The average Bonchev–Trinajstić information content (AvgIpc) is 2.41. The molecular formula is C16H22O3S. The number of sulfone groups is 1. The lowest BCUT2D eigenvalue weighted by atomic mass is 9.87. The number of benzene rings is 1. The molecule has 0 bridgehead atoms. The number of hydrogen-bond acceptors (Lipinski definition) is 3. The molecule has 0 aliphatic heterocycles. The summed E-state index contributed by atoms with van der Waals surface area (Å²) in [4.78, 5) is 12.1. The first kappa shape index (κ1) is 15.2. The predicted octanol–water partition coefficient (Wildman–Crippen LogP) is 3.06. The molecule has 0 spiro atoms. The first-order chi connectivity index (χ1) is 9.48. The summed E-state index contributed by atoms with van der Waals surface area (Å²) in [5.74, 6) is -0.446. The van der Waals surface area contributed by atoms with Crippen molar-refractivity contribution >= 4 is 15.6 Å². The van der Waals surface area contributed by atoms with E-state index in [0.29, 0.717) is 0 Å². The highest BCUT2D eigenvalue weighted by molar-refractivity contribution is 7.91. The molecule has 0 unspecified atom stereocenters. The molecule has 20 heavy (non-hydrogen) atoms. The quantitative estimate of drug-likeness (QED) is 0.838. The van der Waals surface area contributed by atoms with Crippen molar-refractivity contribution in [3.8, 4) is 0 Å². The lowest BCUT2D eigenvalue weighted by Gasteiger charge is -2.20. The Morgan fingerprint density at radius 1 is 1.15 bits per heavy atom. The first-order valence-electron chi connectivity index (χ1n) is 7.25. The van der Waals surface area contributed by atoms with E-state index in [9.17, 15) is 13.2 Å². The van der Waals surface area contributed by atoms with Crippen molar-refractivity contribution in [1.29, 1.82) is 0 Å². The Labute approximate surface area is 121 Å². The molecule has 0 atom stereocenters. The van der Waals surface area contributed by atoms with E-state index in [1.165, 1.54) is 6.42 Å². The summed E-state index contributed by atoms with van der Waals surface area (Å²) in [5.41, 5.74) is 1.75. The minimum absolute atomic E-state index is 0.0296. The van der Waals surface area contributed by atoms with Gasteiger partial charge < -0.3 is 0 Å². The van der Waals surface area contributed by atoms with Crippen molar-refractivity contribution in [3.05, 3.63) is 35.4 Å². The maximum Gasteiger partial charge on any atom is 0.161 e. The van der Waals surface area contributed by atoms with Gasteiger partial charge in [-0.25, -0.2) is 8.42 Å². The van der Waals surface area contributed by atoms with E-state index >= 15 is 0 Å². The molecule has 1 aromatic rings. The van der Waals surface area contributed by atoms with E-state index in [4.69, 9.17) is 0 Å². The SMILES string of the molecule is Cc1ccccc1CS(=O)(=O)CC(=O)C1CCCCC1. The number of rotatable bonds is 5. The van der Waals surface area contributed by atoms with Crippen molar-refractivity contribution < 1.29 is 13.2 Å². The van der Waals surface area contributed by atoms with Crippen LogP contribution in [0.5, 0.6) is 0 Å². The van der Waals surface area contributed by atoms with Gasteiger partial charge in [-0.3, -0.25) is 4.79 Å². The molecule has 2 rings (SSSR count). The van der Waals surface area contributed by atoms with E-state index in [1.807, 2.05) is 31.2 Å². The maximum atomic E-state index is 12.2. The van der Waals surface area contributed by atoms with E-state index < -0.39 is 9.84 Å². The van der Waals surface area contributed by atoms with Crippen LogP contribution in [0.3, 0.4) is 0 Å². The van der Waals surface area contributed by atoms with E-state index in [1.54, 1.807) is 0 Å². The van der Waals surface area contributed by atoms with Crippen LogP contribution in [0.1, 0.15) is 43.2 Å². The molecule has 3 nitrogen and oxygen atoms in total. The van der Waals surface area contributed by atoms with Gasteiger partial charge in [0, 0.05) is 5.92 Å². The molecule has 0 N–H and O–H groups in total. The van der Waals surface area contributed by atoms with Gasteiger partial charge in [0.2, 0.25) is 0 Å². The molecule has 110 valence electrons. The molecule has 0 saturated heterocycles. The minimum Gasteiger partial charge on any atom is -0.298 e. The molecule has 1 fully saturated rings. The zero-order valence-corrected chi connectivity index (χ0v) is 12.8. The van der Waals surface area contributed by atoms with Crippen LogP contribution in [0.25, 0.3) is 0 Å². The number of carbonyl (C=O) groups excluding carboxylic acids is 1. The summed E-state index contributed by atoms with van der Waals surface area (Å²) in [6.45, 7) is 1.90. The van der Waals surface area contributed by atoms with Crippen LogP contribution in [0.4, 0.5) is 0 Å². The first-order valence-corrected chi connectivity index (χ1v) is 9.08. The highest BCUT2D eigenvalue weighted by Gasteiger charge is 2.26. The maximum absolute atomic E-state index is 12.2. The van der Waals surface area contributed by atoms with Crippen LogP contribution in [-0.4, -0.2) is 20.0 Å². The Bertz CT molecular complexity index is 569. The molecule has 0 aromatic heterocycles. The third-order valence-corrected chi connectivity index (χ3v) is 5.53. The van der Waals surface area contributed by atoms with Gasteiger partial charge in [0.05, 0.1) is 5.75 Å². The van der Waals surface area contributed by atoms with Crippen LogP contribution in [-0.2, 0) is 20.4 Å². The van der Waals surface area contributed by atoms with Gasteiger partial charge in [-0.2, -0.15) is 0 Å². The third kappa shape index (κ3) is 4.17. The van der Waals surface area contributed by atoms with Gasteiger partial charge in [-0.1, -0.05) is 43.5 Å². The summed E-state index contributed by atoms with van der Waals surface area (Å²) >= 11 is 0. The van der Waals surface area contributed by atoms with Crippen LogP contribution >= 0.6 is 0 Å². The lowest BCUT2D eigenvalue weighted by molar-refractivity contribution is -0.121. The molecule has 0 amide bonds. The Hall–Kier alpha value is -1.16. The second-order valence-corrected chi connectivity index (χ2v) is 7.82. The number of hydrogen-bond donors (Lipinski definition) is 0. The van der Waals surface area contributed by atoms with Crippen molar-refractivity contribution in [2.45, 2.75) is 44.8 Å². The molecule has 1 saturated carbocycles. The summed E-state index contributed by atoms with van der Waals surface area (Å²) in [6.07, 6.45) is 4.99. The summed E-state index contributed by atoms with van der Waals surface area (Å²) in [5, 5.41) is 0. The van der Waals surface area contributed by atoms with Crippen molar-refractivity contribution in [2.24, 2.45) is 5.92 Å². The lowest BCUT2D eigenvalue weighted by Crippen LogP contribution is -2.26. The van der Waals surface area contributed by atoms with Crippen LogP contribution in [0.2, 0.25) is 0 Å². The Morgan fingerprint density at radius 2 is 1.80 bits per heavy atom. The monoisotopic (exact) mass is 294 g/mol. The smallest absolute Gasteiger partial charge is 0.161 e. The number of aryl methyl sites for hydroxylation is 1. The highest BCUT2D eigenvalue weighted by atomic mass is 32.2. The second-order valence-electron chi connectivity index (χ2n) is 5.76. The Kier molecular flexibility index (Phi) is 4.97. The topological polar surface area (TPSA) is 51.2 Å². The molecule has 1 aromatic carbocycles. The zero-order valence-electron chi connectivity index (χ0n) is 12.0. The van der Waals surface area contributed by atoms with Gasteiger partial charge in [-0.15, -0.1) is 0 Å². The van der Waals surface area contributed by atoms with Crippen molar-refractivity contribution in [1.82, 2.24) is 0 Å². The van der Waals surface area contributed by atoms with Gasteiger partial charge in [0.15, 0.2) is 15.6 Å². The van der Waals surface area contributed by atoms with Crippen LogP contribution in [0.15, 0.2) is 24.3 Å². The van der Waals surface area contributed by atoms with Gasteiger partial charge in [-0.05, 0) is 30.9 Å². The van der Waals surface area contributed by atoms with Crippen molar-refractivity contribution in [2.75, 3.05) is 5.75 Å². The van der Waals surface area contributed by atoms with E-state index in [0.717, 1.165) is 36.8 Å². The number of Topliss-reactive ketones (excluding diaryl/α,β-unsaturated/α-hetero) is 1. The Balaban J connectivity index is 2.00. The van der Waals surface area contributed by atoms with Gasteiger partial charge in [0.25, 0.3) is 0 Å². The summed E-state index contributed by atoms with van der Waals surface area (Å²) in [6, 6.07) is 7.44. The van der Waals surface area contributed by atoms with Crippen LogP contribution in [0, 0.1) is 12.8 Å².